The van der Waals surface area contributed by atoms with Gasteiger partial charge >= 0.3 is 5.97 Å². The first-order valence-corrected chi connectivity index (χ1v) is 7.95. The maximum absolute atomic E-state index is 11.8. The molecule has 0 aliphatic rings. The first-order valence-electron chi connectivity index (χ1n) is 7.54. The van der Waals surface area contributed by atoms with Gasteiger partial charge in [0, 0.05) is 6.54 Å². The van der Waals surface area contributed by atoms with E-state index in [4.69, 9.17) is 22.1 Å². The second kappa shape index (κ2) is 8.79. The Bertz CT molecular complexity index is 775. The molecule has 2 aromatic rings. The quantitative estimate of drug-likeness (QED) is 0.687. The molecule has 0 aromatic heterocycles. The normalized spacial score (nSPS) is 9.96. The number of rotatable bonds is 6. The van der Waals surface area contributed by atoms with E-state index in [1.165, 1.54) is 12.1 Å². The van der Waals surface area contributed by atoms with Crippen LogP contribution in [0.4, 0.5) is 0 Å². The zero-order chi connectivity index (χ0) is 18.2. The Kier molecular flexibility index (Phi) is 6.47. The van der Waals surface area contributed by atoms with E-state index in [9.17, 15) is 9.59 Å². The van der Waals surface area contributed by atoms with Gasteiger partial charge in [-0.05, 0) is 48.5 Å². The van der Waals surface area contributed by atoms with E-state index < -0.39 is 5.97 Å². The summed E-state index contributed by atoms with van der Waals surface area (Å²) in [6.07, 6.45) is 0. The summed E-state index contributed by atoms with van der Waals surface area (Å²) in [6.45, 7) is 2.13. The van der Waals surface area contributed by atoms with Gasteiger partial charge in [-0.25, -0.2) is 4.79 Å². The van der Waals surface area contributed by atoms with Crippen LogP contribution in [0.1, 0.15) is 21.5 Å². The molecule has 0 fully saturated rings. The lowest BCUT2D eigenvalue weighted by Gasteiger charge is -2.11. The minimum atomic E-state index is -0.976. The smallest absolute Gasteiger partial charge is 0.335 e. The number of carbonyl (C=O) groups excluding carboxylic acids is 1. The molecule has 0 atom stereocenters. The van der Waals surface area contributed by atoms with Crippen molar-refractivity contribution >= 4 is 29.2 Å². The standard InChI is InChI=1S/C18H18N2O4S/c1-12-4-2-3-5-15(12)24-11-16(21)20-18(25)19-10-13-6-8-14(9-7-13)17(22)23/h2-9H,10-11H2,1H3,(H,22,23)(H2,19,20,21,25). The molecule has 3 N–H and O–H groups in total. The van der Waals surface area contributed by atoms with Gasteiger partial charge < -0.3 is 20.5 Å². The monoisotopic (exact) mass is 358 g/mol. The molecule has 0 bridgehead atoms. The number of carboxylic acid groups (broad SMARTS) is 1. The third-order valence-electron chi connectivity index (χ3n) is 3.36. The lowest BCUT2D eigenvalue weighted by molar-refractivity contribution is -0.121. The highest BCUT2D eigenvalue weighted by atomic mass is 32.1. The molecule has 130 valence electrons. The van der Waals surface area contributed by atoms with Crippen molar-refractivity contribution in [2.75, 3.05) is 6.61 Å². The van der Waals surface area contributed by atoms with Crippen LogP contribution in [-0.4, -0.2) is 28.7 Å². The average molecular weight is 358 g/mol. The Labute approximate surface area is 150 Å². The van der Waals surface area contributed by atoms with E-state index in [0.717, 1.165) is 11.1 Å². The Hall–Kier alpha value is -2.93. The minimum Gasteiger partial charge on any atom is -0.483 e. The number of carbonyl (C=O) groups is 2. The van der Waals surface area contributed by atoms with Crippen LogP contribution >= 0.6 is 12.2 Å². The van der Waals surface area contributed by atoms with Crippen molar-refractivity contribution in [1.29, 1.82) is 0 Å². The van der Waals surface area contributed by atoms with E-state index in [1.807, 2.05) is 25.1 Å². The molecule has 2 rings (SSSR count). The first kappa shape index (κ1) is 18.4. The molecule has 0 unspecified atom stereocenters. The summed E-state index contributed by atoms with van der Waals surface area (Å²) in [4.78, 5) is 22.6. The Morgan fingerprint density at radius 1 is 1.12 bits per heavy atom. The van der Waals surface area contributed by atoms with Gasteiger partial charge in [0.15, 0.2) is 11.7 Å². The summed E-state index contributed by atoms with van der Waals surface area (Å²) in [5.74, 6) is -0.687. The number of aromatic carboxylic acids is 1. The Morgan fingerprint density at radius 2 is 1.80 bits per heavy atom. The number of hydrogen-bond donors (Lipinski definition) is 3. The van der Waals surface area contributed by atoms with Crippen LogP contribution in [0.25, 0.3) is 0 Å². The molecule has 0 radical (unpaired) electrons. The lowest BCUT2D eigenvalue weighted by Crippen LogP contribution is -2.41. The number of ether oxygens (including phenoxy) is 1. The third-order valence-corrected chi connectivity index (χ3v) is 3.61. The predicted octanol–water partition coefficient (Wildman–Crippen LogP) is 2.26. The number of thiocarbonyl (C=S) groups is 1. The van der Waals surface area contributed by atoms with Gasteiger partial charge in [-0.2, -0.15) is 0 Å². The summed E-state index contributed by atoms with van der Waals surface area (Å²) >= 11 is 5.06. The van der Waals surface area contributed by atoms with Gasteiger partial charge in [0.1, 0.15) is 5.75 Å². The average Bonchev–Trinajstić information content (AvgIpc) is 2.59. The molecule has 6 nitrogen and oxygen atoms in total. The van der Waals surface area contributed by atoms with Crippen molar-refractivity contribution in [3.05, 3.63) is 65.2 Å². The van der Waals surface area contributed by atoms with E-state index in [2.05, 4.69) is 10.6 Å². The molecule has 1 amide bonds. The van der Waals surface area contributed by atoms with Crippen molar-refractivity contribution in [2.45, 2.75) is 13.5 Å². The van der Waals surface area contributed by atoms with E-state index in [-0.39, 0.29) is 23.2 Å². The zero-order valence-corrected chi connectivity index (χ0v) is 14.4. The number of para-hydroxylation sites is 1. The molecule has 0 saturated carbocycles. The van der Waals surface area contributed by atoms with Crippen LogP contribution < -0.4 is 15.4 Å². The molecule has 0 spiro atoms. The fourth-order valence-corrected chi connectivity index (χ4v) is 2.20. The number of hydrogen-bond acceptors (Lipinski definition) is 4. The minimum absolute atomic E-state index is 0.139. The van der Waals surface area contributed by atoms with Gasteiger partial charge in [0.25, 0.3) is 5.91 Å². The van der Waals surface area contributed by atoms with Crippen molar-refractivity contribution in [3.63, 3.8) is 0 Å². The van der Waals surface area contributed by atoms with Crippen LogP contribution in [0.3, 0.4) is 0 Å². The van der Waals surface area contributed by atoms with E-state index in [1.54, 1.807) is 18.2 Å². The molecular weight excluding hydrogens is 340 g/mol. The molecule has 2 aromatic carbocycles. The molecular formula is C18H18N2O4S. The van der Waals surface area contributed by atoms with Crippen molar-refractivity contribution in [3.8, 4) is 5.75 Å². The fraction of sp³-hybridized carbons (Fsp3) is 0.167. The maximum Gasteiger partial charge on any atom is 0.335 e. The van der Waals surface area contributed by atoms with Crippen molar-refractivity contribution < 1.29 is 19.4 Å². The summed E-state index contributed by atoms with van der Waals surface area (Å²) < 4.78 is 5.44. The van der Waals surface area contributed by atoms with Crippen LogP contribution in [-0.2, 0) is 11.3 Å². The highest BCUT2D eigenvalue weighted by Gasteiger charge is 2.07. The van der Waals surface area contributed by atoms with Gasteiger partial charge in [0.2, 0.25) is 0 Å². The van der Waals surface area contributed by atoms with Crippen LogP contribution in [0.15, 0.2) is 48.5 Å². The van der Waals surface area contributed by atoms with Gasteiger partial charge in [0.05, 0.1) is 5.56 Å². The largest absolute Gasteiger partial charge is 0.483 e. The van der Waals surface area contributed by atoms with Gasteiger partial charge in [-0.1, -0.05) is 30.3 Å². The molecule has 0 saturated heterocycles. The molecule has 0 heterocycles. The number of benzene rings is 2. The molecule has 7 heteroatoms. The maximum atomic E-state index is 11.8. The zero-order valence-electron chi connectivity index (χ0n) is 13.6. The second-order valence-corrected chi connectivity index (χ2v) is 5.70. The van der Waals surface area contributed by atoms with Crippen LogP contribution in [0.2, 0.25) is 0 Å². The first-order chi connectivity index (χ1) is 12.0. The number of aryl methyl sites for hydroxylation is 1. The molecule has 25 heavy (non-hydrogen) atoms. The highest BCUT2D eigenvalue weighted by Crippen LogP contribution is 2.15. The van der Waals surface area contributed by atoms with Crippen molar-refractivity contribution in [2.24, 2.45) is 0 Å². The molecule has 0 aliphatic carbocycles. The van der Waals surface area contributed by atoms with Crippen molar-refractivity contribution in [1.82, 2.24) is 10.6 Å². The summed E-state index contributed by atoms with van der Waals surface area (Å²) in [5.41, 5.74) is 2.01. The summed E-state index contributed by atoms with van der Waals surface area (Å²) in [5, 5.41) is 14.4. The number of carboxylic acids is 1. The second-order valence-electron chi connectivity index (χ2n) is 5.29. The Balaban J connectivity index is 1.75. The molecule has 0 aliphatic heterocycles. The van der Waals surface area contributed by atoms with Crippen LogP contribution in [0, 0.1) is 6.92 Å². The van der Waals surface area contributed by atoms with E-state index >= 15 is 0 Å². The summed E-state index contributed by atoms with van der Waals surface area (Å²) in [6, 6.07) is 13.8. The summed E-state index contributed by atoms with van der Waals surface area (Å²) in [7, 11) is 0. The van der Waals surface area contributed by atoms with E-state index in [0.29, 0.717) is 12.3 Å². The highest BCUT2D eigenvalue weighted by molar-refractivity contribution is 7.80. The Morgan fingerprint density at radius 3 is 2.44 bits per heavy atom. The van der Waals surface area contributed by atoms with Gasteiger partial charge in [-0.3, -0.25) is 4.79 Å². The number of nitrogens with one attached hydrogen (secondary N) is 2. The third kappa shape index (κ3) is 5.89. The number of amides is 1. The van der Waals surface area contributed by atoms with Gasteiger partial charge in [-0.15, -0.1) is 0 Å². The fourth-order valence-electron chi connectivity index (χ4n) is 2.02. The predicted molar refractivity (Wildman–Crippen MR) is 97.7 cm³/mol. The SMILES string of the molecule is Cc1ccccc1OCC(=O)NC(=S)NCc1ccc(C(=O)O)cc1. The van der Waals surface area contributed by atoms with Crippen LogP contribution in [0.5, 0.6) is 5.75 Å². The topological polar surface area (TPSA) is 87.7 Å². The lowest BCUT2D eigenvalue weighted by atomic mass is 10.1.